The molecule has 2 N–H and O–H groups in total. The molecule has 0 radical (unpaired) electrons. The Kier molecular flexibility index (Phi) is 6.56. The molecule has 0 bridgehead atoms. The second-order valence-corrected chi connectivity index (χ2v) is 10.8. The summed E-state index contributed by atoms with van der Waals surface area (Å²) in [6.07, 6.45) is 3.24. The highest BCUT2D eigenvalue weighted by Gasteiger charge is 2.52. The first-order valence-corrected chi connectivity index (χ1v) is 12.5. The molecular formula is C28H30F2N6O2. The molecule has 3 atom stereocenters. The zero-order valence-electron chi connectivity index (χ0n) is 21.7. The van der Waals surface area contributed by atoms with Gasteiger partial charge in [-0.15, -0.1) is 5.10 Å². The van der Waals surface area contributed by atoms with Crippen molar-refractivity contribution >= 4 is 0 Å². The Hall–Kier alpha value is -3.63. The van der Waals surface area contributed by atoms with Gasteiger partial charge in [0.1, 0.15) is 17.3 Å². The highest BCUT2D eigenvalue weighted by Crippen LogP contribution is 2.56. The van der Waals surface area contributed by atoms with E-state index >= 15 is 0 Å². The predicted octanol–water partition coefficient (Wildman–Crippen LogP) is 4.27. The number of nitrogens with zero attached hydrogens (tertiary/aromatic N) is 6. The zero-order valence-corrected chi connectivity index (χ0v) is 21.7. The Morgan fingerprint density at radius 3 is 2.53 bits per heavy atom. The number of aromatic nitrogens is 6. The van der Waals surface area contributed by atoms with E-state index in [1.807, 2.05) is 6.07 Å². The van der Waals surface area contributed by atoms with E-state index < -0.39 is 23.2 Å². The SMILES string of the molecule is C[C@@H]1CC(C)(C)[C@@](C)(c2ccnc(-c3ccn(C[C@H](O)CO)n3)n2)c2nnc(-c3c(F)cccc3F)cc21. The van der Waals surface area contributed by atoms with E-state index in [4.69, 9.17) is 10.1 Å². The maximum Gasteiger partial charge on any atom is 0.180 e. The molecule has 1 aromatic carbocycles. The fraction of sp³-hybridized carbons (Fsp3) is 0.393. The first-order valence-electron chi connectivity index (χ1n) is 12.5. The minimum atomic E-state index is -0.920. The van der Waals surface area contributed by atoms with Gasteiger partial charge >= 0.3 is 0 Å². The summed E-state index contributed by atoms with van der Waals surface area (Å²) < 4.78 is 30.6. The Morgan fingerprint density at radius 1 is 1.08 bits per heavy atom. The molecule has 3 heterocycles. The molecule has 5 rings (SSSR count). The Bertz CT molecular complexity index is 1470. The maximum absolute atomic E-state index is 14.5. The van der Waals surface area contributed by atoms with Crippen LogP contribution in [0.1, 0.15) is 57.0 Å². The van der Waals surface area contributed by atoms with Crippen LogP contribution in [0.15, 0.2) is 48.8 Å². The van der Waals surface area contributed by atoms with Gasteiger partial charge in [0.25, 0.3) is 0 Å². The second kappa shape index (κ2) is 9.59. The highest BCUT2D eigenvalue weighted by molar-refractivity contribution is 5.62. The summed E-state index contributed by atoms with van der Waals surface area (Å²) in [5.41, 5.74) is 1.82. The van der Waals surface area contributed by atoms with Crippen molar-refractivity contribution < 1.29 is 19.0 Å². The fourth-order valence-corrected chi connectivity index (χ4v) is 5.52. The van der Waals surface area contributed by atoms with Crippen LogP contribution in [0.5, 0.6) is 0 Å². The number of rotatable bonds is 6. The standard InChI is InChI=1S/C28H30F2N6O2/c1-16-13-27(2,3)28(4,25-18(16)12-22(33-34-25)24-19(29)6-5-7-20(24)30)23-8-10-31-26(32-23)21-9-11-36(35-21)14-17(38)15-37/h5-12,16-17,37-38H,13-15H2,1-4H3/t16-,17+,28+/m1/s1. The first-order chi connectivity index (χ1) is 18.0. The van der Waals surface area contributed by atoms with Gasteiger partial charge in [-0.05, 0) is 60.6 Å². The van der Waals surface area contributed by atoms with E-state index in [0.29, 0.717) is 17.2 Å². The van der Waals surface area contributed by atoms with Crippen LogP contribution in [-0.4, -0.2) is 52.9 Å². The average molecular weight is 521 g/mol. The van der Waals surface area contributed by atoms with Crippen LogP contribution in [-0.2, 0) is 12.0 Å². The molecule has 4 aromatic rings. The van der Waals surface area contributed by atoms with Crippen LogP contribution in [0.4, 0.5) is 8.78 Å². The van der Waals surface area contributed by atoms with Crippen molar-refractivity contribution in [1.82, 2.24) is 29.9 Å². The number of benzene rings is 1. The molecule has 0 saturated heterocycles. The van der Waals surface area contributed by atoms with Gasteiger partial charge in [0.2, 0.25) is 0 Å². The summed E-state index contributed by atoms with van der Waals surface area (Å²) in [5, 5.41) is 32.2. The van der Waals surface area contributed by atoms with Crippen molar-refractivity contribution in [3.63, 3.8) is 0 Å². The van der Waals surface area contributed by atoms with Crippen molar-refractivity contribution in [3.8, 4) is 22.8 Å². The maximum atomic E-state index is 14.5. The number of hydrogen-bond acceptors (Lipinski definition) is 7. The van der Waals surface area contributed by atoms with Gasteiger partial charge in [-0.1, -0.05) is 26.8 Å². The number of halogens is 2. The highest BCUT2D eigenvalue weighted by atomic mass is 19.1. The summed E-state index contributed by atoms with van der Waals surface area (Å²) in [6.45, 7) is 8.25. The van der Waals surface area contributed by atoms with Crippen LogP contribution in [0, 0.1) is 17.0 Å². The molecule has 1 aliphatic rings. The lowest BCUT2D eigenvalue weighted by Crippen LogP contribution is -2.47. The van der Waals surface area contributed by atoms with Crippen molar-refractivity contribution in [2.24, 2.45) is 5.41 Å². The zero-order chi connectivity index (χ0) is 27.2. The average Bonchev–Trinajstić information content (AvgIpc) is 3.35. The smallest absolute Gasteiger partial charge is 0.180 e. The summed E-state index contributed by atoms with van der Waals surface area (Å²) >= 11 is 0. The van der Waals surface area contributed by atoms with Gasteiger partial charge in [-0.2, -0.15) is 10.2 Å². The quantitative estimate of drug-likeness (QED) is 0.391. The number of hydrogen-bond donors (Lipinski definition) is 2. The Labute approximate surface area is 219 Å². The normalized spacial score (nSPS) is 21.2. The summed E-state index contributed by atoms with van der Waals surface area (Å²) in [6, 6.07) is 9.10. The van der Waals surface area contributed by atoms with Gasteiger partial charge in [-0.3, -0.25) is 4.68 Å². The monoisotopic (exact) mass is 520 g/mol. The van der Waals surface area contributed by atoms with E-state index in [0.717, 1.165) is 17.7 Å². The second-order valence-electron chi connectivity index (χ2n) is 10.8. The Balaban J connectivity index is 1.60. The molecular weight excluding hydrogens is 490 g/mol. The Morgan fingerprint density at radius 2 is 1.82 bits per heavy atom. The lowest BCUT2D eigenvalue weighted by Gasteiger charge is -2.49. The van der Waals surface area contributed by atoms with Crippen molar-refractivity contribution in [3.05, 3.63) is 77.4 Å². The van der Waals surface area contributed by atoms with E-state index in [1.54, 1.807) is 24.5 Å². The third kappa shape index (κ3) is 4.27. The van der Waals surface area contributed by atoms with E-state index in [9.17, 15) is 13.9 Å². The van der Waals surface area contributed by atoms with Crippen molar-refractivity contribution in [1.29, 1.82) is 0 Å². The van der Waals surface area contributed by atoms with E-state index in [2.05, 4.69) is 48.0 Å². The third-order valence-corrected chi connectivity index (χ3v) is 7.86. The fourth-order valence-electron chi connectivity index (χ4n) is 5.52. The molecule has 8 nitrogen and oxygen atoms in total. The molecule has 0 saturated carbocycles. The van der Waals surface area contributed by atoms with Gasteiger partial charge in [-0.25, -0.2) is 18.7 Å². The molecule has 0 amide bonds. The summed E-state index contributed by atoms with van der Waals surface area (Å²) in [5.74, 6) is -0.878. The van der Waals surface area contributed by atoms with Crippen molar-refractivity contribution in [2.45, 2.75) is 58.1 Å². The van der Waals surface area contributed by atoms with Gasteiger partial charge < -0.3 is 10.2 Å². The molecule has 3 aromatic heterocycles. The van der Waals surface area contributed by atoms with Crippen LogP contribution < -0.4 is 0 Å². The van der Waals surface area contributed by atoms with Crippen LogP contribution >= 0.6 is 0 Å². The number of aliphatic hydroxyl groups excluding tert-OH is 2. The van der Waals surface area contributed by atoms with Gasteiger partial charge in [0, 0.05) is 12.4 Å². The molecule has 10 heteroatoms. The molecule has 1 aliphatic carbocycles. The lowest BCUT2D eigenvalue weighted by atomic mass is 9.54. The minimum Gasteiger partial charge on any atom is -0.394 e. The van der Waals surface area contributed by atoms with Crippen LogP contribution in [0.2, 0.25) is 0 Å². The van der Waals surface area contributed by atoms with Crippen LogP contribution in [0.3, 0.4) is 0 Å². The molecule has 0 spiro atoms. The van der Waals surface area contributed by atoms with E-state index in [-0.39, 0.29) is 35.7 Å². The topological polar surface area (TPSA) is 110 Å². The summed E-state index contributed by atoms with van der Waals surface area (Å²) in [4.78, 5) is 9.31. The van der Waals surface area contributed by atoms with E-state index in [1.165, 1.54) is 22.9 Å². The van der Waals surface area contributed by atoms with Gasteiger partial charge in [0.15, 0.2) is 5.82 Å². The molecule has 0 aliphatic heterocycles. The van der Waals surface area contributed by atoms with Crippen molar-refractivity contribution in [2.75, 3.05) is 6.61 Å². The minimum absolute atomic E-state index is 0.0760. The lowest BCUT2D eigenvalue weighted by molar-refractivity contribution is 0.0783. The summed E-state index contributed by atoms with van der Waals surface area (Å²) in [7, 11) is 0. The van der Waals surface area contributed by atoms with Gasteiger partial charge in [0.05, 0.1) is 47.3 Å². The first kappa shape index (κ1) is 26.0. The van der Waals surface area contributed by atoms with Crippen LogP contribution in [0.25, 0.3) is 22.8 Å². The largest absolute Gasteiger partial charge is 0.394 e. The third-order valence-electron chi connectivity index (χ3n) is 7.86. The molecule has 0 fully saturated rings. The molecule has 38 heavy (non-hydrogen) atoms. The number of fused-ring (bicyclic) bond motifs is 1. The molecule has 0 unspecified atom stereocenters. The number of aliphatic hydroxyl groups is 2. The predicted molar refractivity (Wildman–Crippen MR) is 137 cm³/mol. The molecule has 198 valence electrons.